The third kappa shape index (κ3) is 6.21. The van der Waals surface area contributed by atoms with Gasteiger partial charge in [0, 0.05) is 18.9 Å². The topological polar surface area (TPSA) is 15.3 Å². The molecule has 1 N–H and O–H groups in total. The molecule has 2 nitrogen and oxygen atoms in total. The van der Waals surface area contributed by atoms with Gasteiger partial charge in [0.25, 0.3) is 0 Å². The van der Waals surface area contributed by atoms with Crippen LogP contribution in [-0.4, -0.2) is 11.6 Å². The van der Waals surface area contributed by atoms with Crippen molar-refractivity contribution in [1.82, 2.24) is 10.4 Å². The Bertz CT molecular complexity index is 197. The third-order valence-corrected chi connectivity index (χ3v) is 2.72. The van der Waals surface area contributed by atoms with Crippen LogP contribution in [-0.2, 0) is 0 Å². The number of nitrogens with one attached hydrogen (secondary N) is 1. The molecule has 0 aromatic heterocycles. The van der Waals surface area contributed by atoms with E-state index in [1.807, 2.05) is 12.3 Å². The van der Waals surface area contributed by atoms with Crippen LogP contribution < -0.4 is 5.43 Å². The van der Waals surface area contributed by atoms with Crippen LogP contribution in [0.2, 0.25) is 0 Å². The highest BCUT2D eigenvalue weighted by Gasteiger charge is 1.97. The van der Waals surface area contributed by atoms with Crippen LogP contribution in [0.25, 0.3) is 0 Å². The number of unbranched alkanes of at least 4 members (excludes halogenated alkanes) is 6. The highest BCUT2D eigenvalue weighted by atomic mass is 15.5. The molecule has 0 bridgehead atoms. The maximum atomic E-state index is 3.20. The van der Waals surface area contributed by atoms with E-state index in [9.17, 15) is 0 Å². The highest BCUT2D eigenvalue weighted by Crippen LogP contribution is 2.07. The number of rotatable bonds is 8. The molecule has 0 aromatic carbocycles. The Kier molecular flexibility index (Phi) is 6.80. The van der Waals surface area contributed by atoms with Crippen molar-refractivity contribution in [1.29, 1.82) is 0 Å². The predicted octanol–water partition coefficient (Wildman–Crippen LogP) is 3.58. The summed E-state index contributed by atoms with van der Waals surface area (Å²) < 4.78 is 0. The monoisotopic (exact) mass is 208 g/mol. The SMILES string of the molecule is CCCCCCCCCN1C=CC=CN1. The smallest absolute Gasteiger partial charge is 0.0386 e. The second kappa shape index (κ2) is 8.39. The van der Waals surface area contributed by atoms with Gasteiger partial charge in [-0.2, -0.15) is 0 Å². The van der Waals surface area contributed by atoms with E-state index in [1.165, 1.54) is 44.9 Å². The second-order valence-electron chi connectivity index (χ2n) is 4.14. The van der Waals surface area contributed by atoms with Crippen molar-refractivity contribution in [2.24, 2.45) is 0 Å². The van der Waals surface area contributed by atoms with E-state index in [1.54, 1.807) is 0 Å². The van der Waals surface area contributed by atoms with Gasteiger partial charge in [0.15, 0.2) is 0 Å². The average molecular weight is 208 g/mol. The van der Waals surface area contributed by atoms with Crippen molar-refractivity contribution in [3.05, 3.63) is 24.6 Å². The van der Waals surface area contributed by atoms with Gasteiger partial charge in [-0.15, -0.1) is 0 Å². The Morgan fingerprint density at radius 3 is 2.33 bits per heavy atom. The molecule has 0 radical (unpaired) electrons. The lowest BCUT2D eigenvalue weighted by atomic mass is 10.1. The molecule has 0 amide bonds. The summed E-state index contributed by atoms with van der Waals surface area (Å²) in [6.45, 7) is 3.39. The largest absolute Gasteiger partial charge is 0.306 e. The van der Waals surface area contributed by atoms with Crippen molar-refractivity contribution in [3.63, 3.8) is 0 Å². The van der Waals surface area contributed by atoms with Crippen LogP contribution in [0.4, 0.5) is 0 Å². The molecular formula is C13H24N2. The Hall–Kier alpha value is -0.920. The van der Waals surface area contributed by atoms with Gasteiger partial charge >= 0.3 is 0 Å². The van der Waals surface area contributed by atoms with E-state index in [-0.39, 0.29) is 0 Å². The lowest BCUT2D eigenvalue weighted by Crippen LogP contribution is -2.31. The van der Waals surface area contributed by atoms with Crippen LogP contribution in [0, 0.1) is 0 Å². The summed E-state index contributed by atoms with van der Waals surface area (Å²) in [5, 5.41) is 2.14. The predicted molar refractivity (Wildman–Crippen MR) is 66.1 cm³/mol. The van der Waals surface area contributed by atoms with Crippen molar-refractivity contribution in [2.75, 3.05) is 6.54 Å². The van der Waals surface area contributed by atoms with Gasteiger partial charge in [0.2, 0.25) is 0 Å². The Balaban J connectivity index is 1.84. The Labute approximate surface area is 94.0 Å². The van der Waals surface area contributed by atoms with Gasteiger partial charge in [0.05, 0.1) is 0 Å². The van der Waals surface area contributed by atoms with Crippen LogP contribution >= 0.6 is 0 Å². The first-order chi connectivity index (χ1) is 7.43. The number of hydrogen-bond acceptors (Lipinski definition) is 2. The Morgan fingerprint density at radius 2 is 1.67 bits per heavy atom. The van der Waals surface area contributed by atoms with E-state index >= 15 is 0 Å². The van der Waals surface area contributed by atoms with Gasteiger partial charge in [-0.05, 0) is 18.6 Å². The summed E-state index contributed by atoms with van der Waals surface area (Å²) in [4.78, 5) is 0. The zero-order valence-electron chi connectivity index (χ0n) is 9.91. The minimum absolute atomic E-state index is 1.12. The van der Waals surface area contributed by atoms with E-state index in [4.69, 9.17) is 0 Å². The molecular weight excluding hydrogens is 184 g/mol. The lowest BCUT2D eigenvalue weighted by molar-refractivity contribution is 0.303. The first-order valence-electron chi connectivity index (χ1n) is 6.29. The molecule has 86 valence electrons. The molecule has 0 unspecified atom stereocenters. The van der Waals surface area contributed by atoms with Crippen molar-refractivity contribution in [3.8, 4) is 0 Å². The summed E-state index contributed by atoms with van der Waals surface area (Å²) >= 11 is 0. The summed E-state index contributed by atoms with van der Waals surface area (Å²) in [6.07, 6.45) is 17.8. The molecule has 1 rings (SSSR count). The van der Waals surface area contributed by atoms with Gasteiger partial charge in [0.1, 0.15) is 0 Å². The van der Waals surface area contributed by atoms with E-state index in [2.05, 4.69) is 29.6 Å². The third-order valence-electron chi connectivity index (χ3n) is 2.72. The molecule has 0 saturated heterocycles. The fraction of sp³-hybridized carbons (Fsp3) is 0.692. The average Bonchev–Trinajstić information content (AvgIpc) is 2.29. The van der Waals surface area contributed by atoms with Crippen LogP contribution in [0.15, 0.2) is 24.6 Å². The van der Waals surface area contributed by atoms with E-state index < -0.39 is 0 Å². The van der Waals surface area contributed by atoms with Crippen molar-refractivity contribution >= 4 is 0 Å². The number of allylic oxidation sites excluding steroid dienone is 2. The normalized spacial score (nSPS) is 14.3. The molecule has 0 aliphatic carbocycles. The fourth-order valence-electron chi connectivity index (χ4n) is 1.77. The lowest BCUT2D eigenvalue weighted by Gasteiger charge is -2.21. The molecule has 1 aliphatic rings. The highest BCUT2D eigenvalue weighted by molar-refractivity contribution is 5.04. The van der Waals surface area contributed by atoms with E-state index in [0.717, 1.165) is 6.54 Å². The quantitative estimate of drug-likeness (QED) is 0.613. The molecule has 0 aromatic rings. The van der Waals surface area contributed by atoms with Gasteiger partial charge < -0.3 is 5.43 Å². The van der Waals surface area contributed by atoms with Crippen LogP contribution in [0.1, 0.15) is 51.9 Å². The molecule has 1 aliphatic heterocycles. The summed E-state index contributed by atoms with van der Waals surface area (Å²) in [5.74, 6) is 0. The van der Waals surface area contributed by atoms with Gasteiger partial charge in [-0.1, -0.05) is 45.4 Å². The van der Waals surface area contributed by atoms with Gasteiger partial charge in [-0.25, -0.2) is 0 Å². The molecule has 0 atom stereocenters. The summed E-state index contributed by atoms with van der Waals surface area (Å²) in [7, 11) is 0. The number of hydrazine groups is 1. The van der Waals surface area contributed by atoms with Crippen molar-refractivity contribution < 1.29 is 0 Å². The van der Waals surface area contributed by atoms with Crippen LogP contribution in [0.5, 0.6) is 0 Å². The zero-order chi connectivity index (χ0) is 10.8. The van der Waals surface area contributed by atoms with Crippen molar-refractivity contribution in [2.45, 2.75) is 51.9 Å². The first kappa shape index (κ1) is 12.2. The van der Waals surface area contributed by atoms with Gasteiger partial charge in [-0.3, -0.25) is 5.01 Å². The Morgan fingerprint density at radius 1 is 0.933 bits per heavy atom. The minimum Gasteiger partial charge on any atom is -0.306 e. The van der Waals surface area contributed by atoms with Crippen LogP contribution in [0.3, 0.4) is 0 Å². The number of nitrogens with zero attached hydrogens (tertiary/aromatic N) is 1. The molecule has 0 spiro atoms. The molecule has 15 heavy (non-hydrogen) atoms. The summed E-state index contributed by atoms with van der Waals surface area (Å²) in [6, 6.07) is 0. The molecule has 0 saturated carbocycles. The number of hydrogen-bond donors (Lipinski definition) is 1. The molecule has 2 heteroatoms. The fourth-order valence-corrected chi connectivity index (χ4v) is 1.77. The molecule has 1 heterocycles. The minimum atomic E-state index is 1.12. The maximum Gasteiger partial charge on any atom is 0.0386 e. The first-order valence-corrected chi connectivity index (χ1v) is 6.29. The standard InChI is InChI=1S/C13H24N2/c1-2-3-4-5-6-7-9-12-15-13-10-8-11-14-15/h8,10-11,13-14H,2-7,9,12H2,1H3. The second-order valence-corrected chi connectivity index (χ2v) is 4.14. The molecule has 0 fully saturated rings. The maximum absolute atomic E-state index is 3.20. The summed E-state index contributed by atoms with van der Waals surface area (Å²) in [5.41, 5.74) is 3.20. The van der Waals surface area contributed by atoms with E-state index in [0.29, 0.717) is 0 Å². The zero-order valence-corrected chi connectivity index (χ0v) is 9.91.